The van der Waals surface area contributed by atoms with Crippen LogP contribution in [0.15, 0.2) is 18.2 Å². The van der Waals surface area contributed by atoms with Crippen LogP contribution in [0.25, 0.3) is 10.9 Å². The molecule has 5 nitrogen and oxygen atoms in total. The monoisotopic (exact) mass is 245 g/mol. The van der Waals surface area contributed by atoms with Crippen molar-refractivity contribution in [1.29, 1.82) is 5.41 Å². The van der Waals surface area contributed by atoms with Gasteiger partial charge in [0.15, 0.2) is 0 Å². The Bertz CT molecular complexity index is 656. The summed E-state index contributed by atoms with van der Waals surface area (Å²) in [6, 6.07) is 5.16. The average molecular weight is 245 g/mol. The second kappa shape index (κ2) is 4.18. The van der Waals surface area contributed by atoms with Crippen molar-refractivity contribution in [3.63, 3.8) is 0 Å². The number of nitrogens with one attached hydrogen (secondary N) is 1. The number of nitrogens with two attached hydrogens (primary N) is 1. The quantitative estimate of drug-likeness (QED) is 0.570. The lowest BCUT2D eigenvalue weighted by molar-refractivity contribution is 0.0698. The van der Waals surface area contributed by atoms with Gasteiger partial charge < -0.3 is 15.4 Å². The molecule has 2 aromatic rings. The van der Waals surface area contributed by atoms with Crippen molar-refractivity contribution in [3.05, 3.63) is 35.0 Å². The molecular weight excluding hydrogens is 230 g/mol. The van der Waals surface area contributed by atoms with Gasteiger partial charge >= 0.3 is 5.97 Å². The molecule has 0 atom stereocenters. The minimum Gasteiger partial charge on any atom is -0.478 e. The van der Waals surface area contributed by atoms with Crippen LogP contribution in [0.2, 0.25) is 0 Å². The van der Waals surface area contributed by atoms with E-state index < -0.39 is 5.97 Å². The highest BCUT2D eigenvalue weighted by atomic mass is 16.4. The highest BCUT2D eigenvalue weighted by Gasteiger charge is 2.18. The first-order valence-electron chi connectivity index (χ1n) is 5.67. The minimum atomic E-state index is -0.930. The number of carboxylic acid groups (broad SMARTS) is 1. The predicted octanol–water partition coefficient (Wildman–Crippen LogP) is 1.95. The lowest BCUT2D eigenvalue weighted by atomic mass is 10.1. The number of rotatable bonds is 3. The van der Waals surface area contributed by atoms with Crippen molar-refractivity contribution in [2.45, 2.75) is 20.4 Å². The first kappa shape index (κ1) is 12.2. The van der Waals surface area contributed by atoms with E-state index in [1.165, 1.54) is 0 Å². The number of aryl methyl sites for hydroxylation is 1. The molecular formula is C13H15N3O2. The van der Waals surface area contributed by atoms with Gasteiger partial charge in [-0.05, 0) is 19.9 Å². The minimum absolute atomic E-state index is 0.0183. The Morgan fingerprint density at radius 2 is 2.17 bits per heavy atom. The van der Waals surface area contributed by atoms with Gasteiger partial charge in [-0.3, -0.25) is 5.41 Å². The number of nitrogen functional groups attached to an aromatic ring is 1. The predicted molar refractivity (Wildman–Crippen MR) is 70.3 cm³/mol. The Hall–Kier alpha value is -2.30. The molecule has 0 aliphatic carbocycles. The molecule has 18 heavy (non-hydrogen) atoms. The Morgan fingerprint density at radius 3 is 2.67 bits per heavy atom. The van der Waals surface area contributed by atoms with Gasteiger partial charge in [0.1, 0.15) is 5.84 Å². The van der Waals surface area contributed by atoms with E-state index in [9.17, 15) is 9.90 Å². The largest absolute Gasteiger partial charge is 0.478 e. The van der Waals surface area contributed by atoms with Crippen molar-refractivity contribution in [2.24, 2.45) is 5.73 Å². The summed E-state index contributed by atoms with van der Waals surface area (Å²) in [5.74, 6) is -0.949. The van der Waals surface area contributed by atoms with Crippen LogP contribution >= 0.6 is 0 Å². The summed E-state index contributed by atoms with van der Waals surface area (Å²) in [5, 5.41) is 17.4. The van der Waals surface area contributed by atoms with Crippen LogP contribution in [0.4, 0.5) is 0 Å². The summed E-state index contributed by atoms with van der Waals surface area (Å²) in [5.41, 5.74) is 7.91. The number of fused-ring (bicyclic) bond motifs is 1. The highest BCUT2D eigenvalue weighted by Crippen LogP contribution is 2.26. The molecule has 2 rings (SSSR count). The van der Waals surface area contributed by atoms with Crippen molar-refractivity contribution in [1.82, 2.24) is 4.57 Å². The average Bonchev–Trinajstić information content (AvgIpc) is 2.59. The molecule has 0 saturated carbocycles. The number of benzene rings is 1. The van der Waals surface area contributed by atoms with E-state index in [0.29, 0.717) is 23.1 Å². The summed E-state index contributed by atoms with van der Waals surface area (Å²) in [4.78, 5) is 11.3. The molecule has 0 fully saturated rings. The van der Waals surface area contributed by atoms with Crippen LogP contribution in [-0.2, 0) is 6.54 Å². The first-order valence-corrected chi connectivity index (χ1v) is 5.67. The molecule has 1 aromatic heterocycles. The molecule has 1 aromatic carbocycles. The van der Waals surface area contributed by atoms with Gasteiger partial charge in [0.05, 0.1) is 5.56 Å². The molecule has 0 spiro atoms. The van der Waals surface area contributed by atoms with E-state index in [4.69, 9.17) is 11.1 Å². The molecule has 0 aliphatic rings. The van der Waals surface area contributed by atoms with E-state index in [1.807, 2.05) is 11.5 Å². The van der Waals surface area contributed by atoms with Crippen LogP contribution in [0.5, 0.6) is 0 Å². The molecule has 4 N–H and O–H groups in total. The number of aromatic nitrogens is 1. The van der Waals surface area contributed by atoms with Crippen LogP contribution < -0.4 is 5.73 Å². The lowest BCUT2D eigenvalue weighted by Crippen LogP contribution is -2.10. The number of hydrogen-bond donors (Lipinski definition) is 3. The van der Waals surface area contributed by atoms with Gasteiger partial charge in [-0.1, -0.05) is 12.1 Å². The van der Waals surface area contributed by atoms with Crippen LogP contribution in [0.3, 0.4) is 0 Å². The number of carbonyl (C=O) groups is 1. The Labute approximate surface area is 104 Å². The zero-order valence-electron chi connectivity index (χ0n) is 10.3. The van der Waals surface area contributed by atoms with Gasteiger partial charge in [0.2, 0.25) is 0 Å². The first-order chi connectivity index (χ1) is 8.47. The van der Waals surface area contributed by atoms with E-state index >= 15 is 0 Å². The molecule has 5 heteroatoms. The summed E-state index contributed by atoms with van der Waals surface area (Å²) in [7, 11) is 0. The van der Waals surface area contributed by atoms with Gasteiger partial charge in [0.25, 0.3) is 0 Å². The van der Waals surface area contributed by atoms with Crippen molar-refractivity contribution in [3.8, 4) is 0 Å². The van der Waals surface area contributed by atoms with E-state index in [1.54, 1.807) is 25.1 Å². The molecule has 0 radical (unpaired) electrons. The second-order valence-corrected chi connectivity index (χ2v) is 4.16. The molecule has 0 aliphatic heterocycles. The van der Waals surface area contributed by atoms with Crippen molar-refractivity contribution in [2.75, 3.05) is 0 Å². The van der Waals surface area contributed by atoms with Gasteiger partial charge in [-0.15, -0.1) is 0 Å². The third-order valence-corrected chi connectivity index (χ3v) is 3.17. The van der Waals surface area contributed by atoms with Crippen LogP contribution in [0, 0.1) is 12.3 Å². The third-order valence-electron chi connectivity index (χ3n) is 3.17. The maximum absolute atomic E-state index is 11.3. The Balaban J connectivity index is 2.86. The summed E-state index contributed by atoms with van der Waals surface area (Å²) in [6.45, 7) is 4.43. The molecule has 94 valence electrons. The maximum Gasteiger partial charge on any atom is 0.338 e. The fourth-order valence-corrected chi connectivity index (χ4v) is 2.32. The molecule has 0 unspecified atom stereocenters. The van der Waals surface area contributed by atoms with Gasteiger partial charge in [0, 0.05) is 28.7 Å². The fourth-order valence-electron chi connectivity index (χ4n) is 2.32. The van der Waals surface area contributed by atoms with E-state index in [2.05, 4.69) is 0 Å². The standard InChI is InChI=1S/C13H15N3O2/c1-3-16-7(2)11(13(17)18)9-5-4-8(12(14)15)6-10(9)16/h4-6H,3H2,1-2H3,(H3,14,15)(H,17,18). The number of nitrogens with zero attached hydrogens (tertiary/aromatic N) is 1. The van der Waals surface area contributed by atoms with Crippen molar-refractivity contribution >= 4 is 22.7 Å². The smallest absolute Gasteiger partial charge is 0.338 e. The lowest BCUT2D eigenvalue weighted by Gasteiger charge is -2.05. The van der Waals surface area contributed by atoms with E-state index in [0.717, 1.165) is 11.2 Å². The third kappa shape index (κ3) is 1.64. The normalized spacial score (nSPS) is 10.8. The SMILES string of the molecule is CCn1c(C)c(C(=O)O)c2ccc(C(=N)N)cc21. The van der Waals surface area contributed by atoms with Crippen molar-refractivity contribution < 1.29 is 9.90 Å². The van der Waals surface area contributed by atoms with Gasteiger partial charge in [-0.25, -0.2) is 4.79 Å². The highest BCUT2D eigenvalue weighted by molar-refractivity contribution is 6.07. The number of aromatic carboxylic acids is 1. The zero-order valence-corrected chi connectivity index (χ0v) is 10.3. The van der Waals surface area contributed by atoms with Crippen LogP contribution in [-0.4, -0.2) is 21.5 Å². The summed E-state index contributed by atoms with van der Waals surface area (Å²) < 4.78 is 1.92. The maximum atomic E-state index is 11.3. The fraction of sp³-hybridized carbons (Fsp3) is 0.231. The Kier molecular flexibility index (Phi) is 2.82. The second-order valence-electron chi connectivity index (χ2n) is 4.16. The van der Waals surface area contributed by atoms with E-state index in [-0.39, 0.29) is 5.84 Å². The van der Waals surface area contributed by atoms with Crippen LogP contribution in [0.1, 0.15) is 28.5 Å². The topological polar surface area (TPSA) is 92.1 Å². The van der Waals surface area contributed by atoms with Gasteiger partial charge in [-0.2, -0.15) is 0 Å². The number of hydrogen-bond acceptors (Lipinski definition) is 2. The number of carboxylic acids is 1. The molecule has 0 saturated heterocycles. The molecule has 0 amide bonds. The summed E-state index contributed by atoms with van der Waals surface area (Å²) >= 11 is 0. The molecule has 0 bridgehead atoms. The zero-order chi connectivity index (χ0) is 13.4. The molecule has 1 heterocycles. The Morgan fingerprint density at radius 1 is 1.50 bits per heavy atom. The number of amidine groups is 1. The summed E-state index contributed by atoms with van der Waals surface area (Å²) in [6.07, 6.45) is 0.